The minimum Gasteiger partial charge on any atom is -0.478 e. The van der Waals surface area contributed by atoms with E-state index in [0.717, 1.165) is 32.1 Å². The number of hydrogen-bond donors (Lipinski definition) is 2. The molecule has 0 unspecified atom stereocenters. The summed E-state index contributed by atoms with van der Waals surface area (Å²) in [6, 6.07) is 0. The lowest BCUT2D eigenvalue weighted by Crippen LogP contribution is -2.17. The summed E-state index contributed by atoms with van der Waals surface area (Å²) in [6.07, 6.45) is 5.95. The Labute approximate surface area is 90.8 Å². The lowest BCUT2D eigenvalue weighted by molar-refractivity contribution is -0.132. The molecule has 1 saturated carbocycles. The number of carbonyl (C=O) groups is 1. The number of carboxylic acids is 1. The second-order valence-electron chi connectivity index (χ2n) is 4.52. The summed E-state index contributed by atoms with van der Waals surface area (Å²) in [5.74, 6) is 0.229. The Kier molecular flexibility index (Phi) is 4.82. The third kappa shape index (κ3) is 4.04. The van der Waals surface area contributed by atoms with E-state index in [0.29, 0.717) is 30.4 Å². The Balaban J connectivity index is 2.19. The van der Waals surface area contributed by atoms with Gasteiger partial charge in [0.1, 0.15) is 0 Å². The van der Waals surface area contributed by atoms with Gasteiger partial charge >= 0.3 is 5.97 Å². The average molecular weight is 212 g/mol. The van der Waals surface area contributed by atoms with Crippen molar-refractivity contribution in [2.45, 2.75) is 38.5 Å². The number of aliphatic carboxylic acids is 1. The predicted molar refractivity (Wildman–Crippen MR) is 58.5 cm³/mol. The normalized spacial score (nSPS) is 26.2. The van der Waals surface area contributed by atoms with Gasteiger partial charge < -0.3 is 10.2 Å². The quantitative estimate of drug-likeness (QED) is 0.687. The molecule has 0 saturated heterocycles. The summed E-state index contributed by atoms with van der Waals surface area (Å²) in [7, 11) is 0. The monoisotopic (exact) mass is 212 g/mol. The molecule has 0 aromatic carbocycles. The van der Waals surface area contributed by atoms with E-state index in [1.807, 2.05) is 0 Å². The number of hydrogen-bond acceptors (Lipinski definition) is 2. The molecule has 0 radical (unpaired) electrons. The fourth-order valence-electron chi connectivity index (χ4n) is 2.19. The SMILES string of the molecule is C=C(CCC1CCC(CO)CC1)C(=O)O. The van der Waals surface area contributed by atoms with Crippen LogP contribution in [0.15, 0.2) is 12.2 Å². The van der Waals surface area contributed by atoms with Gasteiger partial charge in [0.05, 0.1) is 0 Å². The molecule has 1 aliphatic carbocycles. The molecule has 1 aliphatic rings. The van der Waals surface area contributed by atoms with Crippen molar-refractivity contribution in [2.75, 3.05) is 6.61 Å². The van der Waals surface area contributed by atoms with Gasteiger partial charge in [-0.05, 0) is 37.5 Å². The van der Waals surface area contributed by atoms with Crippen LogP contribution in [0.4, 0.5) is 0 Å². The molecule has 1 rings (SSSR count). The molecule has 0 aromatic rings. The van der Waals surface area contributed by atoms with E-state index in [9.17, 15) is 4.79 Å². The van der Waals surface area contributed by atoms with Crippen LogP contribution in [0, 0.1) is 11.8 Å². The highest BCUT2D eigenvalue weighted by Crippen LogP contribution is 2.31. The van der Waals surface area contributed by atoms with Crippen molar-refractivity contribution in [1.29, 1.82) is 0 Å². The smallest absolute Gasteiger partial charge is 0.330 e. The second kappa shape index (κ2) is 5.91. The third-order valence-electron chi connectivity index (χ3n) is 3.38. The molecule has 15 heavy (non-hydrogen) atoms. The van der Waals surface area contributed by atoms with Crippen molar-refractivity contribution in [1.82, 2.24) is 0 Å². The van der Waals surface area contributed by atoms with Crippen molar-refractivity contribution in [3.8, 4) is 0 Å². The molecule has 3 heteroatoms. The Hall–Kier alpha value is -0.830. The highest BCUT2D eigenvalue weighted by atomic mass is 16.4. The molecule has 0 amide bonds. The van der Waals surface area contributed by atoms with Crippen molar-refractivity contribution in [3.05, 3.63) is 12.2 Å². The summed E-state index contributed by atoms with van der Waals surface area (Å²) in [5.41, 5.74) is 0.319. The maximum Gasteiger partial charge on any atom is 0.330 e. The van der Waals surface area contributed by atoms with E-state index in [4.69, 9.17) is 10.2 Å². The summed E-state index contributed by atoms with van der Waals surface area (Å²) in [4.78, 5) is 10.5. The molecule has 0 aromatic heterocycles. The molecule has 0 bridgehead atoms. The molecule has 0 heterocycles. The Morgan fingerprint density at radius 3 is 2.20 bits per heavy atom. The highest BCUT2D eigenvalue weighted by molar-refractivity contribution is 5.85. The van der Waals surface area contributed by atoms with Crippen LogP contribution >= 0.6 is 0 Å². The average Bonchev–Trinajstić information content (AvgIpc) is 2.26. The fourth-order valence-corrected chi connectivity index (χ4v) is 2.19. The van der Waals surface area contributed by atoms with Crippen LogP contribution in [-0.4, -0.2) is 22.8 Å². The van der Waals surface area contributed by atoms with Gasteiger partial charge in [0, 0.05) is 12.2 Å². The molecular formula is C12H20O3. The first-order valence-electron chi connectivity index (χ1n) is 5.65. The molecular weight excluding hydrogens is 192 g/mol. The third-order valence-corrected chi connectivity index (χ3v) is 3.38. The fraction of sp³-hybridized carbons (Fsp3) is 0.750. The highest BCUT2D eigenvalue weighted by Gasteiger charge is 2.20. The predicted octanol–water partition coefficient (Wildman–Crippen LogP) is 2.21. The number of aliphatic hydroxyl groups excluding tert-OH is 1. The zero-order valence-corrected chi connectivity index (χ0v) is 9.11. The van der Waals surface area contributed by atoms with Crippen LogP contribution in [0.1, 0.15) is 38.5 Å². The first-order chi connectivity index (χ1) is 7.13. The van der Waals surface area contributed by atoms with E-state index in [-0.39, 0.29) is 0 Å². The lowest BCUT2D eigenvalue weighted by atomic mass is 9.80. The summed E-state index contributed by atoms with van der Waals surface area (Å²) in [5, 5.41) is 17.6. The molecule has 0 spiro atoms. The number of carboxylic acid groups (broad SMARTS) is 1. The Morgan fingerprint density at radius 2 is 1.73 bits per heavy atom. The van der Waals surface area contributed by atoms with E-state index in [1.54, 1.807) is 0 Å². The second-order valence-corrected chi connectivity index (χ2v) is 4.52. The maximum absolute atomic E-state index is 10.5. The van der Waals surface area contributed by atoms with Gasteiger partial charge in [-0.2, -0.15) is 0 Å². The first kappa shape index (κ1) is 12.2. The molecule has 3 nitrogen and oxygen atoms in total. The number of aliphatic hydroxyl groups is 1. The van der Waals surface area contributed by atoms with Crippen molar-refractivity contribution < 1.29 is 15.0 Å². The Bertz CT molecular complexity index is 227. The molecule has 2 N–H and O–H groups in total. The van der Waals surface area contributed by atoms with E-state index < -0.39 is 5.97 Å². The summed E-state index contributed by atoms with van der Waals surface area (Å²) >= 11 is 0. The van der Waals surface area contributed by atoms with Crippen LogP contribution in [0.25, 0.3) is 0 Å². The van der Waals surface area contributed by atoms with Gasteiger partial charge in [0.15, 0.2) is 0 Å². The largest absolute Gasteiger partial charge is 0.478 e. The van der Waals surface area contributed by atoms with E-state index >= 15 is 0 Å². The van der Waals surface area contributed by atoms with Crippen LogP contribution in [-0.2, 0) is 4.79 Å². The first-order valence-corrected chi connectivity index (χ1v) is 5.65. The van der Waals surface area contributed by atoms with Gasteiger partial charge in [-0.1, -0.05) is 19.4 Å². The van der Waals surface area contributed by atoms with Crippen molar-refractivity contribution in [3.63, 3.8) is 0 Å². The Morgan fingerprint density at radius 1 is 1.20 bits per heavy atom. The van der Waals surface area contributed by atoms with Gasteiger partial charge in [-0.3, -0.25) is 0 Å². The summed E-state index contributed by atoms with van der Waals surface area (Å²) < 4.78 is 0. The number of rotatable bonds is 5. The zero-order valence-electron chi connectivity index (χ0n) is 9.11. The van der Waals surface area contributed by atoms with Crippen molar-refractivity contribution in [2.24, 2.45) is 11.8 Å². The van der Waals surface area contributed by atoms with Crippen LogP contribution in [0.5, 0.6) is 0 Å². The minimum absolute atomic E-state index is 0.300. The minimum atomic E-state index is -0.876. The molecule has 86 valence electrons. The molecule has 1 fully saturated rings. The topological polar surface area (TPSA) is 57.5 Å². The maximum atomic E-state index is 10.5. The zero-order chi connectivity index (χ0) is 11.3. The molecule has 0 atom stereocenters. The van der Waals surface area contributed by atoms with Crippen LogP contribution < -0.4 is 0 Å². The molecule has 0 aliphatic heterocycles. The van der Waals surface area contributed by atoms with E-state index in [1.165, 1.54) is 0 Å². The van der Waals surface area contributed by atoms with Crippen molar-refractivity contribution >= 4 is 5.97 Å². The standard InChI is InChI=1S/C12H20O3/c1-9(12(14)15)2-3-10-4-6-11(8-13)7-5-10/h10-11,13H,1-8H2,(H,14,15). The van der Waals surface area contributed by atoms with Gasteiger partial charge in [0.25, 0.3) is 0 Å². The van der Waals surface area contributed by atoms with Gasteiger partial charge in [-0.25, -0.2) is 4.79 Å². The van der Waals surface area contributed by atoms with E-state index in [2.05, 4.69) is 6.58 Å². The van der Waals surface area contributed by atoms with Crippen LogP contribution in [0.3, 0.4) is 0 Å². The van der Waals surface area contributed by atoms with Gasteiger partial charge in [0.2, 0.25) is 0 Å². The lowest BCUT2D eigenvalue weighted by Gasteiger charge is -2.27. The van der Waals surface area contributed by atoms with Crippen LogP contribution in [0.2, 0.25) is 0 Å². The summed E-state index contributed by atoms with van der Waals surface area (Å²) in [6.45, 7) is 3.83. The van der Waals surface area contributed by atoms with Gasteiger partial charge in [-0.15, -0.1) is 0 Å².